The maximum atomic E-state index is 12.0. The first kappa shape index (κ1) is 16.2. The number of amides is 1. The predicted octanol–water partition coefficient (Wildman–Crippen LogP) is 2.02. The number of carbonyl (C=O) groups excluding carboxylic acids is 2. The zero-order chi connectivity index (χ0) is 14.3. The van der Waals surface area contributed by atoms with E-state index in [9.17, 15) is 9.59 Å². The summed E-state index contributed by atoms with van der Waals surface area (Å²) in [6, 6.07) is -0.309. The van der Waals surface area contributed by atoms with E-state index in [1.54, 1.807) is 6.92 Å². The van der Waals surface area contributed by atoms with Crippen molar-refractivity contribution in [2.75, 3.05) is 6.54 Å². The Morgan fingerprint density at radius 1 is 1.26 bits per heavy atom. The SMILES string of the molecule is CC(=O)[C@H](CC1CCCCC1)NC(=O)[C@@H](C)CCN. The van der Waals surface area contributed by atoms with Gasteiger partial charge in [0.1, 0.15) is 0 Å². The van der Waals surface area contributed by atoms with Crippen molar-refractivity contribution in [1.29, 1.82) is 0 Å². The standard InChI is InChI=1S/C15H28N2O2/c1-11(8-9-16)15(19)17-14(12(2)18)10-13-6-4-3-5-7-13/h11,13-14H,3-10,16H2,1-2H3,(H,17,19)/t11-,14-/m0/s1. The Bertz CT molecular complexity index is 299. The van der Waals surface area contributed by atoms with Crippen molar-refractivity contribution in [3.63, 3.8) is 0 Å². The second-order valence-electron chi connectivity index (χ2n) is 5.89. The monoisotopic (exact) mass is 268 g/mol. The summed E-state index contributed by atoms with van der Waals surface area (Å²) in [5, 5.41) is 2.90. The van der Waals surface area contributed by atoms with Gasteiger partial charge in [-0.1, -0.05) is 39.0 Å². The van der Waals surface area contributed by atoms with Crippen LogP contribution in [0.1, 0.15) is 58.8 Å². The van der Waals surface area contributed by atoms with E-state index in [-0.39, 0.29) is 23.7 Å². The van der Waals surface area contributed by atoms with Crippen LogP contribution in [0.25, 0.3) is 0 Å². The topological polar surface area (TPSA) is 72.2 Å². The van der Waals surface area contributed by atoms with Crippen LogP contribution in [0.3, 0.4) is 0 Å². The molecule has 0 aliphatic heterocycles. The van der Waals surface area contributed by atoms with Gasteiger partial charge < -0.3 is 11.1 Å². The molecule has 110 valence electrons. The molecular weight excluding hydrogens is 240 g/mol. The fourth-order valence-corrected chi connectivity index (χ4v) is 2.78. The van der Waals surface area contributed by atoms with Crippen molar-refractivity contribution in [1.82, 2.24) is 5.32 Å². The molecule has 0 aromatic carbocycles. The Morgan fingerprint density at radius 3 is 2.42 bits per heavy atom. The number of hydrogen-bond donors (Lipinski definition) is 2. The summed E-state index contributed by atoms with van der Waals surface area (Å²) in [4.78, 5) is 23.7. The third kappa shape index (κ3) is 5.72. The Morgan fingerprint density at radius 2 is 1.89 bits per heavy atom. The lowest BCUT2D eigenvalue weighted by Crippen LogP contribution is -2.43. The molecule has 4 nitrogen and oxygen atoms in total. The third-order valence-corrected chi connectivity index (χ3v) is 4.15. The average Bonchev–Trinajstić information content (AvgIpc) is 2.39. The molecule has 3 N–H and O–H groups in total. The van der Waals surface area contributed by atoms with E-state index in [4.69, 9.17) is 5.73 Å². The van der Waals surface area contributed by atoms with Gasteiger partial charge in [-0.25, -0.2) is 0 Å². The Balaban J connectivity index is 2.47. The van der Waals surface area contributed by atoms with Crippen LogP contribution in [0, 0.1) is 11.8 Å². The second-order valence-corrected chi connectivity index (χ2v) is 5.89. The lowest BCUT2D eigenvalue weighted by Gasteiger charge is -2.26. The first-order valence-electron chi connectivity index (χ1n) is 7.55. The molecule has 0 heterocycles. The molecule has 19 heavy (non-hydrogen) atoms. The minimum atomic E-state index is -0.309. The molecule has 1 saturated carbocycles. The van der Waals surface area contributed by atoms with Crippen LogP contribution >= 0.6 is 0 Å². The van der Waals surface area contributed by atoms with Crippen LogP contribution in [-0.2, 0) is 9.59 Å². The summed E-state index contributed by atoms with van der Waals surface area (Å²) in [5.74, 6) is 0.506. The van der Waals surface area contributed by atoms with Crippen LogP contribution in [-0.4, -0.2) is 24.3 Å². The summed E-state index contributed by atoms with van der Waals surface area (Å²) in [6.45, 7) is 3.93. The molecule has 0 saturated heterocycles. The normalized spacial score (nSPS) is 19.7. The molecule has 1 amide bonds. The number of hydrogen-bond acceptors (Lipinski definition) is 3. The smallest absolute Gasteiger partial charge is 0.223 e. The van der Waals surface area contributed by atoms with Gasteiger partial charge in [0.25, 0.3) is 0 Å². The average molecular weight is 268 g/mol. The molecule has 0 aromatic rings. The number of rotatable bonds is 7. The highest BCUT2D eigenvalue weighted by Gasteiger charge is 2.24. The van der Waals surface area contributed by atoms with Crippen LogP contribution in [0.4, 0.5) is 0 Å². The number of nitrogens with two attached hydrogens (primary N) is 1. The molecule has 1 fully saturated rings. The lowest BCUT2D eigenvalue weighted by molar-refractivity contribution is -0.129. The first-order valence-corrected chi connectivity index (χ1v) is 7.55. The van der Waals surface area contributed by atoms with Gasteiger partial charge in [-0.05, 0) is 32.2 Å². The number of carbonyl (C=O) groups is 2. The van der Waals surface area contributed by atoms with Gasteiger partial charge in [-0.15, -0.1) is 0 Å². The van der Waals surface area contributed by atoms with Crippen molar-refractivity contribution in [3.05, 3.63) is 0 Å². The summed E-state index contributed by atoms with van der Waals surface area (Å²) in [6.07, 6.45) is 7.67. The van der Waals surface area contributed by atoms with Crippen molar-refractivity contribution < 1.29 is 9.59 Å². The van der Waals surface area contributed by atoms with Crippen LogP contribution in [0.15, 0.2) is 0 Å². The van der Waals surface area contributed by atoms with Gasteiger partial charge in [0, 0.05) is 5.92 Å². The summed E-state index contributed by atoms with van der Waals surface area (Å²) >= 11 is 0. The largest absolute Gasteiger partial charge is 0.346 e. The summed E-state index contributed by atoms with van der Waals surface area (Å²) < 4.78 is 0. The van der Waals surface area contributed by atoms with Gasteiger partial charge in [-0.2, -0.15) is 0 Å². The van der Waals surface area contributed by atoms with Gasteiger partial charge in [-0.3, -0.25) is 9.59 Å². The molecule has 0 spiro atoms. The van der Waals surface area contributed by atoms with Crippen molar-refractivity contribution in [3.8, 4) is 0 Å². The molecule has 0 unspecified atom stereocenters. The molecule has 1 aliphatic rings. The van der Waals surface area contributed by atoms with E-state index >= 15 is 0 Å². The molecule has 2 atom stereocenters. The fourth-order valence-electron chi connectivity index (χ4n) is 2.78. The van der Waals surface area contributed by atoms with Crippen LogP contribution in [0.5, 0.6) is 0 Å². The van der Waals surface area contributed by atoms with Gasteiger partial charge in [0.15, 0.2) is 5.78 Å². The molecule has 0 aromatic heterocycles. The highest BCUT2D eigenvalue weighted by Crippen LogP contribution is 2.27. The Labute approximate surface area is 116 Å². The quantitative estimate of drug-likeness (QED) is 0.742. The van der Waals surface area contributed by atoms with E-state index in [1.165, 1.54) is 32.1 Å². The van der Waals surface area contributed by atoms with E-state index < -0.39 is 0 Å². The maximum Gasteiger partial charge on any atom is 0.223 e. The van der Waals surface area contributed by atoms with Gasteiger partial charge in [0.2, 0.25) is 5.91 Å². The first-order chi connectivity index (χ1) is 9.04. The molecule has 0 radical (unpaired) electrons. The third-order valence-electron chi connectivity index (χ3n) is 4.15. The van der Waals surface area contributed by atoms with Gasteiger partial charge in [0.05, 0.1) is 6.04 Å². The minimum Gasteiger partial charge on any atom is -0.346 e. The van der Waals surface area contributed by atoms with E-state index in [0.29, 0.717) is 18.9 Å². The zero-order valence-electron chi connectivity index (χ0n) is 12.3. The van der Waals surface area contributed by atoms with E-state index in [0.717, 1.165) is 6.42 Å². The van der Waals surface area contributed by atoms with Crippen LogP contribution < -0.4 is 11.1 Å². The highest BCUT2D eigenvalue weighted by atomic mass is 16.2. The highest BCUT2D eigenvalue weighted by molar-refractivity contribution is 5.88. The summed E-state index contributed by atoms with van der Waals surface area (Å²) in [7, 11) is 0. The Kier molecular flexibility index (Phi) is 7.06. The van der Waals surface area contributed by atoms with Crippen molar-refractivity contribution in [2.24, 2.45) is 17.6 Å². The second kappa shape index (κ2) is 8.31. The van der Waals surface area contributed by atoms with Crippen molar-refractivity contribution >= 4 is 11.7 Å². The van der Waals surface area contributed by atoms with Gasteiger partial charge >= 0.3 is 0 Å². The Hall–Kier alpha value is -0.900. The number of Topliss-reactive ketones (excluding diaryl/α,β-unsaturated/α-hetero) is 1. The minimum absolute atomic E-state index is 0.0403. The number of ketones is 1. The predicted molar refractivity (Wildman–Crippen MR) is 76.6 cm³/mol. The van der Waals surface area contributed by atoms with Crippen LogP contribution in [0.2, 0.25) is 0 Å². The van der Waals surface area contributed by atoms with E-state index in [1.807, 2.05) is 6.92 Å². The van der Waals surface area contributed by atoms with Crippen molar-refractivity contribution in [2.45, 2.75) is 64.8 Å². The maximum absolute atomic E-state index is 12.0. The van der Waals surface area contributed by atoms with E-state index in [2.05, 4.69) is 5.32 Å². The molecule has 1 aliphatic carbocycles. The molecule has 4 heteroatoms. The molecule has 0 bridgehead atoms. The lowest BCUT2D eigenvalue weighted by atomic mass is 9.84. The molecular formula is C15H28N2O2. The zero-order valence-corrected chi connectivity index (χ0v) is 12.3. The molecule has 1 rings (SSSR count). The summed E-state index contributed by atoms with van der Waals surface area (Å²) in [5.41, 5.74) is 5.46. The fraction of sp³-hybridized carbons (Fsp3) is 0.867. The number of nitrogens with one attached hydrogen (secondary N) is 1.